The fourth-order valence-electron chi connectivity index (χ4n) is 2.81. The lowest BCUT2D eigenvalue weighted by molar-refractivity contribution is -0.144. The van der Waals surface area contributed by atoms with Crippen molar-refractivity contribution in [3.8, 4) is 5.75 Å². The van der Waals surface area contributed by atoms with E-state index in [2.05, 4.69) is 10.6 Å². The number of carbonyl (C=O) groups excluding carboxylic acids is 3. The van der Waals surface area contributed by atoms with Gasteiger partial charge in [0.1, 0.15) is 12.4 Å². The summed E-state index contributed by atoms with van der Waals surface area (Å²) in [6, 6.07) is 14.9. The van der Waals surface area contributed by atoms with Gasteiger partial charge in [-0.15, -0.1) is 0 Å². The van der Waals surface area contributed by atoms with Gasteiger partial charge in [-0.25, -0.2) is 0 Å². The molecule has 2 aromatic rings. The molecule has 0 heterocycles. The molecule has 0 fully saturated rings. The molecule has 2 rings (SSSR count). The van der Waals surface area contributed by atoms with Gasteiger partial charge in [0.25, 0.3) is 5.91 Å². The van der Waals surface area contributed by atoms with Gasteiger partial charge in [0.15, 0.2) is 0 Å². The Balaban J connectivity index is 1.50. The van der Waals surface area contributed by atoms with Crippen molar-refractivity contribution < 1.29 is 23.9 Å². The molecule has 0 aromatic heterocycles. The summed E-state index contributed by atoms with van der Waals surface area (Å²) in [6.07, 6.45) is 1.74. The fourth-order valence-corrected chi connectivity index (χ4v) is 2.81. The lowest BCUT2D eigenvalue weighted by Gasteiger charge is -2.08. The van der Waals surface area contributed by atoms with Crippen molar-refractivity contribution in [3.63, 3.8) is 0 Å². The van der Waals surface area contributed by atoms with Crippen LogP contribution in [0.4, 0.5) is 0 Å². The second kappa shape index (κ2) is 13.1. The third-order valence-electron chi connectivity index (χ3n) is 4.64. The molecule has 0 radical (unpaired) electrons. The van der Waals surface area contributed by atoms with Crippen molar-refractivity contribution in [2.75, 3.05) is 26.8 Å². The van der Waals surface area contributed by atoms with Gasteiger partial charge in [-0.3, -0.25) is 14.4 Å². The standard InChI is InChI=1S/C24H30N2O5/c1-18-5-7-19(8-6-18)9-14-22(27)25-16-17-31-23(28)4-3-15-26-24(29)20-10-12-21(30-2)13-11-20/h5-8,10-13H,3-4,9,14-17H2,1-2H3,(H,25,27)(H,26,29). The summed E-state index contributed by atoms with van der Waals surface area (Å²) in [4.78, 5) is 35.6. The van der Waals surface area contributed by atoms with E-state index < -0.39 is 0 Å². The summed E-state index contributed by atoms with van der Waals surface area (Å²) in [7, 11) is 1.56. The van der Waals surface area contributed by atoms with E-state index in [0.717, 1.165) is 5.56 Å². The van der Waals surface area contributed by atoms with Crippen LogP contribution in [-0.2, 0) is 20.7 Å². The minimum Gasteiger partial charge on any atom is -0.497 e. The Morgan fingerprint density at radius 3 is 2.26 bits per heavy atom. The van der Waals surface area contributed by atoms with Crippen LogP contribution >= 0.6 is 0 Å². The van der Waals surface area contributed by atoms with Crippen LogP contribution in [0.15, 0.2) is 48.5 Å². The van der Waals surface area contributed by atoms with E-state index in [1.54, 1.807) is 31.4 Å². The Bertz CT molecular complexity index is 847. The van der Waals surface area contributed by atoms with Crippen LogP contribution in [0, 0.1) is 6.92 Å². The molecule has 7 nitrogen and oxygen atoms in total. The minimum atomic E-state index is -0.354. The van der Waals surface area contributed by atoms with Crippen molar-refractivity contribution in [2.45, 2.75) is 32.6 Å². The average molecular weight is 427 g/mol. The lowest BCUT2D eigenvalue weighted by atomic mass is 10.1. The number of esters is 1. The number of ether oxygens (including phenoxy) is 2. The van der Waals surface area contributed by atoms with Crippen molar-refractivity contribution in [3.05, 3.63) is 65.2 Å². The highest BCUT2D eigenvalue weighted by atomic mass is 16.5. The minimum absolute atomic E-state index is 0.0714. The number of benzene rings is 2. The molecule has 0 spiro atoms. The molecule has 0 bridgehead atoms. The Labute approximate surface area is 183 Å². The number of hydrogen-bond acceptors (Lipinski definition) is 5. The predicted molar refractivity (Wildman–Crippen MR) is 118 cm³/mol. The summed E-state index contributed by atoms with van der Waals surface area (Å²) in [5, 5.41) is 5.51. The summed E-state index contributed by atoms with van der Waals surface area (Å²) in [6.45, 7) is 2.81. The van der Waals surface area contributed by atoms with Crippen molar-refractivity contribution in [1.29, 1.82) is 0 Å². The van der Waals surface area contributed by atoms with E-state index in [-0.39, 0.29) is 37.4 Å². The Kier molecular flexibility index (Phi) is 10.1. The molecule has 2 aromatic carbocycles. The van der Waals surface area contributed by atoms with Gasteiger partial charge in [0.05, 0.1) is 13.7 Å². The van der Waals surface area contributed by atoms with Gasteiger partial charge in [0, 0.05) is 24.9 Å². The molecule has 166 valence electrons. The summed E-state index contributed by atoms with van der Waals surface area (Å²) < 4.78 is 10.2. The number of methoxy groups -OCH3 is 1. The summed E-state index contributed by atoms with van der Waals surface area (Å²) >= 11 is 0. The van der Waals surface area contributed by atoms with Crippen LogP contribution in [0.1, 0.15) is 40.7 Å². The van der Waals surface area contributed by atoms with Crippen LogP contribution in [0.5, 0.6) is 5.75 Å². The van der Waals surface area contributed by atoms with Gasteiger partial charge in [0.2, 0.25) is 5.91 Å². The van der Waals surface area contributed by atoms with Gasteiger partial charge >= 0.3 is 5.97 Å². The molecule has 0 unspecified atom stereocenters. The second-order valence-electron chi connectivity index (χ2n) is 7.14. The normalized spacial score (nSPS) is 10.3. The third kappa shape index (κ3) is 9.33. The quantitative estimate of drug-likeness (QED) is 0.402. The first kappa shape index (κ1) is 23.9. The van der Waals surface area contributed by atoms with Gasteiger partial charge in [-0.2, -0.15) is 0 Å². The van der Waals surface area contributed by atoms with Crippen molar-refractivity contribution >= 4 is 17.8 Å². The molecular weight excluding hydrogens is 396 g/mol. The van der Waals surface area contributed by atoms with Gasteiger partial charge < -0.3 is 20.1 Å². The van der Waals surface area contributed by atoms with Crippen LogP contribution in [-0.4, -0.2) is 44.6 Å². The van der Waals surface area contributed by atoms with Gasteiger partial charge in [-0.1, -0.05) is 29.8 Å². The first-order chi connectivity index (χ1) is 15.0. The largest absolute Gasteiger partial charge is 0.497 e. The molecule has 2 amide bonds. The number of carbonyl (C=O) groups is 3. The SMILES string of the molecule is COc1ccc(C(=O)NCCCC(=O)OCCNC(=O)CCc2ccc(C)cc2)cc1. The maximum atomic E-state index is 12.0. The van der Waals surface area contributed by atoms with E-state index in [1.165, 1.54) is 5.56 Å². The average Bonchev–Trinajstić information content (AvgIpc) is 2.79. The first-order valence-corrected chi connectivity index (χ1v) is 10.4. The highest BCUT2D eigenvalue weighted by Crippen LogP contribution is 2.11. The Morgan fingerprint density at radius 1 is 0.871 bits per heavy atom. The van der Waals surface area contributed by atoms with Crippen LogP contribution in [0.25, 0.3) is 0 Å². The molecule has 0 saturated carbocycles. The summed E-state index contributed by atoms with van der Waals surface area (Å²) in [5.41, 5.74) is 2.84. The zero-order valence-electron chi connectivity index (χ0n) is 18.1. The van der Waals surface area contributed by atoms with Crippen LogP contribution in [0.2, 0.25) is 0 Å². The number of aryl methyl sites for hydroxylation is 2. The smallest absolute Gasteiger partial charge is 0.305 e. The Hall–Kier alpha value is -3.35. The summed E-state index contributed by atoms with van der Waals surface area (Å²) in [5.74, 6) is 0.0524. The van der Waals surface area contributed by atoms with Crippen LogP contribution < -0.4 is 15.4 Å². The number of hydrogen-bond donors (Lipinski definition) is 2. The Morgan fingerprint density at radius 2 is 1.58 bits per heavy atom. The molecule has 0 saturated heterocycles. The zero-order valence-corrected chi connectivity index (χ0v) is 18.1. The number of nitrogens with one attached hydrogen (secondary N) is 2. The monoisotopic (exact) mass is 426 g/mol. The molecule has 7 heteroatoms. The van der Waals surface area contributed by atoms with E-state index >= 15 is 0 Å². The maximum absolute atomic E-state index is 12.0. The lowest BCUT2D eigenvalue weighted by Crippen LogP contribution is -2.28. The van der Waals surface area contributed by atoms with Crippen LogP contribution in [0.3, 0.4) is 0 Å². The molecule has 0 aliphatic carbocycles. The first-order valence-electron chi connectivity index (χ1n) is 10.4. The molecule has 0 atom stereocenters. The molecule has 0 aliphatic heterocycles. The van der Waals surface area contributed by atoms with E-state index in [1.807, 2.05) is 31.2 Å². The highest BCUT2D eigenvalue weighted by molar-refractivity contribution is 5.94. The highest BCUT2D eigenvalue weighted by Gasteiger charge is 2.07. The third-order valence-corrected chi connectivity index (χ3v) is 4.64. The fraction of sp³-hybridized carbons (Fsp3) is 0.375. The van der Waals surface area contributed by atoms with Crippen molar-refractivity contribution in [2.24, 2.45) is 0 Å². The van der Waals surface area contributed by atoms with Crippen molar-refractivity contribution in [1.82, 2.24) is 10.6 Å². The zero-order chi connectivity index (χ0) is 22.5. The molecule has 0 aliphatic rings. The molecule has 31 heavy (non-hydrogen) atoms. The maximum Gasteiger partial charge on any atom is 0.305 e. The topological polar surface area (TPSA) is 93.7 Å². The van der Waals surface area contributed by atoms with E-state index in [9.17, 15) is 14.4 Å². The molecule has 2 N–H and O–H groups in total. The van der Waals surface area contributed by atoms with E-state index in [0.29, 0.717) is 37.1 Å². The number of rotatable bonds is 12. The molecular formula is C24H30N2O5. The predicted octanol–water partition coefficient (Wildman–Crippen LogP) is 2.81. The van der Waals surface area contributed by atoms with Gasteiger partial charge in [-0.05, 0) is 49.6 Å². The second-order valence-corrected chi connectivity index (χ2v) is 7.14. The number of amides is 2. The van der Waals surface area contributed by atoms with E-state index in [4.69, 9.17) is 9.47 Å².